The first kappa shape index (κ1) is 13.9. The normalized spacial score (nSPS) is 11.7. The van der Waals surface area contributed by atoms with Crippen molar-refractivity contribution in [3.8, 4) is 0 Å². The van der Waals surface area contributed by atoms with E-state index in [1.807, 2.05) is 25.1 Å². The van der Waals surface area contributed by atoms with Crippen molar-refractivity contribution in [3.63, 3.8) is 0 Å². The SMILES string of the molecule is Cc1cccc(NC(=O)[C@@H](C)OC(=O)c2ccc[nH]2)c1. The molecule has 1 aromatic carbocycles. The summed E-state index contributed by atoms with van der Waals surface area (Å²) >= 11 is 0. The molecular weight excluding hydrogens is 256 g/mol. The predicted molar refractivity (Wildman–Crippen MR) is 75.5 cm³/mol. The van der Waals surface area contributed by atoms with Crippen molar-refractivity contribution in [2.75, 3.05) is 5.32 Å². The van der Waals surface area contributed by atoms with Crippen molar-refractivity contribution in [1.82, 2.24) is 4.98 Å². The maximum absolute atomic E-state index is 11.9. The van der Waals surface area contributed by atoms with Crippen LogP contribution < -0.4 is 5.32 Å². The van der Waals surface area contributed by atoms with E-state index in [9.17, 15) is 9.59 Å². The number of H-pyrrole nitrogens is 1. The highest BCUT2D eigenvalue weighted by Gasteiger charge is 2.19. The number of carbonyl (C=O) groups excluding carboxylic acids is 2. The van der Waals surface area contributed by atoms with Crippen LogP contribution in [0.5, 0.6) is 0 Å². The third kappa shape index (κ3) is 3.47. The van der Waals surface area contributed by atoms with E-state index in [0.717, 1.165) is 5.56 Å². The largest absolute Gasteiger partial charge is 0.448 e. The number of esters is 1. The molecule has 0 aliphatic rings. The molecule has 104 valence electrons. The maximum atomic E-state index is 11.9. The van der Waals surface area contributed by atoms with Gasteiger partial charge in [-0.2, -0.15) is 0 Å². The highest BCUT2D eigenvalue weighted by molar-refractivity contribution is 5.96. The molecule has 5 nitrogen and oxygen atoms in total. The maximum Gasteiger partial charge on any atom is 0.355 e. The molecule has 1 amide bonds. The number of aryl methyl sites for hydroxylation is 1. The molecule has 5 heteroatoms. The number of carbonyl (C=O) groups is 2. The monoisotopic (exact) mass is 272 g/mol. The molecule has 0 fully saturated rings. The summed E-state index contributed by atoms with van der Waals surface area (Å²) < 4.78 is 5.08. The van der Waals surface area contributed by atoms with E-state index in [-0.39, 0.29) is 5.91 Å². The van der Waals surface area contributed by atoms with Gasteiger partial charge in [-0.1, -0.05) is 12.1 Å². The van der Waals surface area contributed by atoms with E-state index in [0.29, 0.717) is 11.4 Å². The summed E-state index contributed by atoms with van der Waals surface area (Å²) in [7, 11) is 0. The Kier molecular flexibility index (Phi) is 4.20. The summed E-state index contributed by atoms with van der Waals surface area (Å²) in [5.41, 5.74) is 2.04. The number of hydrogen-bond donors (Lipinski definition) is 2. The third-order valence-electron chi connectivity index (χ3n) is 2.76. The van der Waals surface area contributed by atoms with Crippen LogP contribution in [0.2, 0.25) is 0 Å². The lowest BCUT2D eigenvalue weighted by Gasteiger charge is -2.13. The standard InChI is InChI=1S/C15H16N2O3/c1-10-5-3-6-12(9-10)17-14(18)11(2)20-15(19)13-7-4-8-16-13/h3-9,11,16H,1-2H3,(H,17,18)/t11-/m1/s1. The van der Waals surface area contributed by atoms with Gasteiger partial charge in [-0.25, -0.2) is 4.79 Å². The molecule has 0 spiro atoms. The highest BCUT2D eigenvalue weighted by atomic mass is 16.5. The van der Waals surface area contributed by atoms with Crippen LogP contribution in [0.4, 0.5) is 5.69 Å². The minimum absolute atomic E-state index is 0.320. The Balaban J connectivity index is 1.94. The molecule has 0 unspecified atom stereocenters. The fraction of sp³-hybridized carbons (Fsp3) is 0.200. The number of benzene rings is 1. The number of ether oxygens (including phenoxy) is 1. The second-order valence-electron chi connectivity index (χ2n) is 4.49. The number of aromatic nitrogens is 1. The second kappa shape index (κ2) is 6.06. The lowest BCUT2D eigenvalue weighted by atomic mass is 10.2. The summed E-state index contributed by atoms with van der Waals surface area (Å²) in [5.74, 6) is -0.919. The zero-order valence-corrected chi connectivity index (χ0v) is 11.3. The summed E-state index contributed by atoms with van der Waals surface area (Å²) in [5, 5.41) is 2.71. The molecule has 2 rings (SSSR count). The summed E-state index contributed by atoms with van der Waals surface area (Å²) in [4.78, 5) is 26.4. The Morgan fingerprint density at radius 3 is 2.70 bits per heavy atom. The van der Waals surface area contributed by atoms with Gasteiger partial charge in [0.2, 0.25) is 0 Å². The van der Waals surface area contributed by atoms with Gasteiger partial charge < -0.3 is 15.0 Å². The first-order chi connectivity index (χ1) is 9.56. The molecule has 1 aromatic heterocycles. The Morgan fingerprint density at radius 2 is 2.05 bits per heavy atom. The average molecular weight is 272 g/mol. The minimum Gasteiger partial charge on any atom is -0.448 e. The van der Waals surface area contributed by atoms with Gasteiger partial charge in [0, 0.05) is 11.9 Å². The van der Waals surface area contributed by atoms with Crippen molar-refractivity contribution in [1.29, 1.82) is 0 Å². The first-order valence-electron chi connectivity index (χ1n) is 6.28. The van der Waals surface area contributed by atoms with Crippen molar-refractivity contribution in [2.45, 2.75) is 20.0 Å². The van der Waals surface area contributed by atoms with Crippen LogP contribution in [0.1, 0.15) is 23.0 Å². The van der Waals surface area contributed by atoms with E-state index >= 15 is 0 Å². The molecule has 0 saturated carbocycles. The molecule has 0 aliphatic carbocycles. The van der Waals surface area contributed by atoms with Crippen LogP contribution in [-0.2, 0) is 9.53 Å². The van der Waals surface area contributed by atoms with Crippen molar-refractivity contribution < 1.29 is 14.3 Å². The molecular formula is C15H16N2O3. The van der Waals surface area contributed by atoms with Gasteiger partial charge in [0.1, 0.15) is 5.69 Å². The van der Waals surface area contributed by atoms with Crippen molar-refractivity contribution in [2.24, 2.45) is 0 Å². The molecule has 1 heterocycles. The van der Waals surface area contributed by atoms with Gasteiger partial charge >= 0.3 is 5.97 Å². The van der Waals surface area contributed by atoms with Gasteiger partial charge in [0.05, 0.1) is 0 Å². The Hall–Kier alpha value is -2.56. The smallest absolute Gasteiger partial charge is 0.355 e. The van der Waals surface area contributed by atoms with Gasteiger partial charge in [-0.05, 0) is 43.7 Å². The lowest BCUT2D eigenvalue weighted by molar-refractivity contribution is -0.123. The third-order valence-corrected chi connectivity index (χ3v) is 2.76. The fourth-order valence-corrected chi connectivity index (χ4v) is 1.70. The molecule has 0 saturated heterocycles. The zero-order valence-electron chi connectivity index (χ0n) is 11.3. The van der Waals surface area contributed by atoms with Gasteiger partial charge in [-0.15, -0.1) is 0 Å². The molecule has 20 heavy (non-hydrogen) atoms. The van der Waals surface area contributed by atoms with Gasteiger partial charge in [0.15, 0.2) is 6.10 Å². The van der Waals surface area contributed by atoms with E-state index in [2.05, 4.69) is 10.3 Å². The van der Waals surface area contributed by atoms with E-state index < -0.39 is 12.1 Å². The van der Waals surface area contributed by atoms with Crippen LogP contribution >= 0.6 is 0 Å². The van der Waals surface area contributed by atoms with E-state index in [4.69, 9.17) is 4.74 Å². The first-order valence-corrected chi connectivity index (χ1v) is 6.28. The molecule has 2 aromatic rings. The van der Waals surface area contributed by atoms with E-state index in [1.54, 1.807) is 24.4 Å². The average Bonchev–Trinajstić information content (AvgIpc) is 2.92. The summed E-state index contributed by atoms with van der Waals surface area (Å²) in [6.07, 6.45) is 0.750. The molecule has 1 atom stereocenters. The zero-order chi connectivity index (χ0) is 14.5. The van der Waals surface area contributed by atoms with Crippen LogP contribution in [0.25, 0.3) is 0 Å². The molecule has 0 aliphatic heterocycles. The summed E-state index contributed by atoms with van der Waals surface area (Å²) in [6.45, 7) is 3.47. The number of nitrogens with one attached hydrogen (secondary N) is 2. The van der Waals surface area contributed by atoms with Gasteiger partial charge in [-0.3, -0.25) is 4.79 Å². The van der Waals surface area contributed by atoms with Crippen LogP contribution in [0, 0.1) is 6.92 Å². The number of amides is 1. The number of rotatable bonds is 4. The van der Waals surface area contributed by atoms with Crippen LogP contribution in [0.3, 0.4) is 0 Å². The lowest BCUT2D eigenvalue weighted by Crippen LogP contribution is -2.30. The second-order valence-corrected chi connectivity index (χ2v) is 4.49. The van der Waals surface area contributed by atoms with Crippen LogP contribution in [0.15, 0.2) is 42.6 Å². The Morgan fingerprint density at radius 1 is 1.25 bits per heavy atom. The molecule has 2 N–H and O–H groups in total. The quantitative estimate of drug-likeness (QED) is 0.840. The Bertz CT molecular complexity index is 605. The number of hydrogen-bond acceptors (Lipinski definition) is 3. The van der Waals surface area contributed by atoms with Crippen LogP contribution in [-0.4, -0.2) is 23.0 Å². The topological polar surface area (TPSA) is 71.2 Å². The van der Waals surface area contributed by atoms with Gasteiger partial charge in [0.25, 0.3) is 5.91 Å². The van der Waals surface area contributed by atoms with Crippen molar-refractivity contribution >= 4 is 17.6 Å². The fourth-order valence-electron chi connectivity index (χ4n) is 1.70. The summed E-state index contributed by atoms with van der Waals surface area (Å²) in [6, 6.07) is 10.7. The number of aromatic amines is 1. The predicted octanol–water partition coefficient (Wildman–Crippen LogP) is 2.51. The highest BCUT2D eigenvalue weighted by Crippen LogP contribution is 2.11. The Labute approximate surface area is 117 Å². The van der Waals surface area contributed by atoms with Crippen molar-refractivity contribution in [3.05, 3.63) is 53.9 Å². The minimum atomic E-state index is -0.869. The molecule has 0 bridgehead atoms. The molecule has 0 radical (unpaired) electrons. The number of anilines is 1. The van der Waals surface area contributed by atoms with E-state index in [1.165, 1.54) is 6.92 Å².